The maximum absolute atomic E-state index is 12.7. The van der Waals surface area contributed by atoms with Crippen LogP contribution in [-0.4, -0.2) is 34.5 Å². The number of hydrogen-bond acceptors (Lipinski definition) is 2. The number of carboxylic acid groups (broad SMARTS) is 1. The van der Waals surface area contributed by atoms with Crippen LogP contribution in [0.1, 0.15) is 85.0 Å². The van der Waals surface area contributed by atoms with Gasteiger partial charge >= 0.3 is 5.97 Å². The van der Waals surface area contributed by atoms with Gasteiger partial charge in [0.25, 0.3) is 0 Å². The van der Waals surface area contributed by atoms with Crippen LogP contribution in [0.4, 0.5) is 0 Å². The minimum Gasteiger partial charge on any atom is -0.481 e. The quantitative estimate of drug-likeness (QED) is 0.682. The van der Waals surface area contributed by atoms with Gasteiger partial charge in [-0.2, -0.15) is 0 Å². The van der Waals surface area contributed by atoms with Crippen molar-refractivity contribution in [3.63, 3.8) is 0 Å². The van der Waals surface area contributed by atoms with E-state index in [9.17, 15) is 9.59 Å². The molecule has 0 saturated heterocycles. The van der Waals surface area contributed by atoms with Crippen molar-refractivity contribution in [1.82, 2.24) is 4.90 Å². The minimum atomic E-state index is -0.729. The normalized spacial score (nSPS) is 16.5. The fraction of sp³-hybridized carbons (Fsp3) is 0.889. The molecule has 0 aliphatic heterocycles. The molecule has 0 unspecified atom stereocenters. The van der Waals surface area contributed by atoms with Crippen LogP contribution in [0.15, 0.2) is 0 Å². The molecule has 1 rings (SSSR count). The predicted molar refractivity (Wildman–Crippen MR) is 88.8 cm³/mol. The Bertz CT molecular complexity index is 354. The van der Waals surface area contributed by atoms with E-state index in [1.165, 1.54) is 19.3 Å². The van der Waals surface area contributed by atoms with Crippen molar-refractivity contribution < 1.29 is 14.7 Å². The van der Waals surface area contributed by atoms with Crippen molar-refractivity contribution in [1.29, 1.82) is 0 Å². The first-order valence-electron chi connectivity index (χ1n) is 8.81. The summed E-state index contributed by atoms with van der Waals surface area (Å²) < 4.78 is 0. The molecule has 0 aromatic rings. The molecule has 0 aromatic carbocycles. The van der Waals surface area contributed by atoms with Gasteiger partial charge in [-0.1, -0.05) is 46.5 Å². The highest BCUT2D eigenvalue weighted by atomic mass is 16.4. The van der Waals surface area contributed by atoms with E-state index < -0.39 is 5.97 Å². The van der Waals surface area contributed by atoms with E-state index in [-0.39, 0.29) is 17.7 Å². The number of carboxylic acids is 1. The zero-order valence-corrected chi connectivity index (χ0v) is 14.6. The van der Waals surface area contributed by atoms with Gasteiger partial charge in [-0.3, -0.25) is 9.59 Å². The Morgan fingerprint density at radius 1 is 1.05 bits per heavy atom. The first kappa shape index (κ1) is 19.0. The molecule has 0 bridgehead atoms. The third kappa shape index (κ3) is 7.81. The lowest BCUT2D eigenvalue weighted by molar-refractivity contribution is -0.138. The zero-order valence-electron chi connectivity index (χ0n) is 14.6. The molecule has 4 heteroatoms. The molecule has 1 saturated carbocycles. The van der Waals surface area contributed by atoms with Crippen LogP contribution in [0.2, 0.25) is 0 Å². The standard InChI is InChI=1S/C18H33NO3/c1-18(2,3)14-16(20)19(15-10-6-4-7-11-15)13-9-5-8-12-17(21)22/h15H,4-14H2,1-3H3,(H,21,22). The Balaban J connectivity index is 2.50. The number of rotatable bonds is 8. The molecule has 0 aromatic heterocycles. The second-order valence-corrected chi connectivity index (χ2v) is 7.82. The molecule has 1 aliphatic carbocycles. The lowest BCUT2D eigenvalue weighted by Crippen LogP contribution is -2.43. The number of aliphatic carboxylic acids is 1. The average Bonchev–Trinajstić information content (AvgIpc) is 2.41. The van der Waals surface area contributed by atoms with E-state index in [0.29, 0.717) is 18.9 Å². The van der Waals surface area contributed by atoms with E-state index in [0.717, 1.165) is 32.2 Å². The number of nitrogens with zero attached hydrogens (tertiary/aromatic N) is 1. The number of carbonyl (C=O) groups excluding carboxylic acids is 1. The van der Waals surface area contributed by atoms with Crippen molar-refractivity contribution in [2.75, 3.05) is 6.54 Å². The molecule has 1 aliphatic rings. The third-order valence-corrected chi connectivity index (χ3v) is 4.31. The fourth-order valence-corrected chi connectivity index (χ4v) is 3.19. The van der Waals surface area contributed by atoms with E-state index in [1.807, 2.05) is 0 Å². The second kappa shape index (κ2) is 9.16. The summed E-state index contributed by atoms with van der Waals surface area (Å²) in [5.74, 6) is -0.453. The molecule has 0 spiro atoms. The van der Waals surface area contributed by atoms with E-state index in [4.69, 9.17) is 5.11 Å². The first-order chi connectivity index (χ1) is 10.3. The summed E-state index contributed by atoms with van der Waals surface area (Å²) in [5, 5.41) is 8.68. The van der Waals surface area contributed by atoms with Crippen LogP contribution < -0.4 is 0 Å². The highest BCUT2D eigenvalue weighted by molar-refractivity contribution is 5.77. The third-order valence-electron chi connectivity index (χ3n) is 4.31. The van der Waals surface area contributed by atoms with Gasteiger partial charge in [0.1, 0.15) is 0 Å². The second-order valence-electron chi connectivity index (χ2n) is 7.82. The van der Waals surface area contributed by atoms with Gasteiger partial charge in [-0.05, 0) is 31.1 Å². The Morgan fingerprint density at radius 2 is 1.68 bits per heavy atom. The molecule has 22 heavy (non-hydrogen) atoms. The van der Waals surface area contributed by atoms with Crippen molar-refractivity contribution in [3.05, 3.63) is 0 Å². The SMILES string of the molecule is CC(C)(C)CC(=O)N(CCCCCC(=O)O)C1CCCCC1. The highest BCUT2D eigenvalue weighted by Crippen LogP contribution is 2.26. The Labute approximate surface area is 135 Å². The van der Waals surface area contributed by atoms with Gasteiger partial charge in [0.15, 0.2) is 0 Å². The monoisotopic (exact) mass is 311 g/mol. The van der Waals surface area contributed by atoms with E-state index >= 15 is 0 Å². The Hall–Kier alpha value is -1.06. The van der Waals surface area contributed by atoms with Crippen molar-refractivity contribution in [2.45, 2.75) is 91.0 Å². The zero-order chi connectivity index (χ0) is 16.6. The minimum absolute atomic E-state index is 0.0211. The van der Waals surface area contributed by atoms with Crippen molar-refractivity contribution in [2.24, 2.45) is 5.41 Å². The summed E-state index contributed by atoms with van der Waals surface area (Å²) in [6.07, 6.45) is 9.34. The maximum atomic E-state index is 12.7. The van der Waals surface area contributed by atoms with Crippen LogP contribution in [0.3, 0.4) is 0 Å². The molecule has 1 amide bonds. The fourth-order valence-electron chi connectivity index (χ4n) is 3.19. The van der Waals surface area contributed by atoms with Crippen molar-refractivity contribution in [3.8, 4) is 0 Å². The highest BCUT2D eigenvalue weighted by Gasteiger charge is 2.27. The van der Waals surface area contributed by atoms with Gasteiger partial charge in [-0.25, -0.2) is 0 Å². The molecule has 1 fully saturated rings. The summed E-state index contributed by atoms with van der Waals surface area (Å²) >= 11 is 0. The van der Waals surface area contributed by atoms with Crippen molar-refractivity contribution >= 4 is 11.9 Å². The summed E-state index contributed by atoms with van der Waals surface area (Å²) in [4.78, 5) is 25.3. The van der Waals surface area contributed by atoms with Crippen LogP contribution in [-0.2, 0) is 9.59 Å². The Kier molecular flexibility index (Phi) is 7.91. The van der Waals surface area contributed by atoms with Gasteiger partial charge in [-0.15, -0.1) is 0 Å². The summed E-state index contributed by atoms with van der Waals surface area (Å²) in [6, 6.07) is 0.406. The van der Waals surface area contributed by atoms with Crippen LogP contribution >= 0.6 is 0 Å². The van der Waals surface area contributed by atoms with Gasteiger partial charge in [0.05, 0.1) is 0 Å². The number of unbranched alkanes of at least 4 members (excludes halogenated alkanes) is 2. The topological polar surface area (TPSA) is 57.6 Å². The molecular formula is C18H33NO3. The van der Waals surface area contributed by atoms with Crippen LogP contribution in [0.5, 0.6) is 0 Å². The molecule has 4 nitrogen and oxygen atoms in total. The summed E-state index contributed by atoms with van der Waals surface area (Å²) in [5.41, 5.74) is 0.0211. The smallest absolute Gasteiger partial charge is 0.303 e. The molecule has 0 heterocycles. The van der Waals surface area contributed by atoms with E-state index in [2.05, 4.69) is 25.7 Å². The molecule has 0 atom stereocenters. The van der Waals surface area contributed by atoms with Crippen LogP contribution in [0.25, 0.3) is 0 Å². The summed E-state index contributed by atoms with van der Waals surface area (Å²) in [6.45, 7) is 7.11. The van der Waals surface area contributed by atoms with E-state index in [1.54, 1.807) is 0 Å². The molecule has 128 valence electrons. The summed E-state index contributed by atoms with van der Waals surface area (Å²) in [7, 11) is 0. The lowest BCUT2D eigenvalue weighted by Gasteiger charge is -2.36. The maximum Gasteiger partial charge on any atom is 0.303 e. The number of hydrogen-bond donors (Lipinski definition) is 1. The number of amides is 1. The molecule has 1 N–H and O–H groups in total. The van der Waals surface area contributed by atoms with Gasteiger partial charge in [0.2, 0.25) is 5.91 Å². The number of carbonyl (C=O) groups is 2. The molecular weight excluding hydrogens is 278 g/mol. The van der Waals surface area contributed by atoms with Crippen LogP contribution in [0, 0.1) is 5.41 Å². The van der Waals surface area contributed by atoms with Gasteiger partial charge in [0, 0.05) is 25.4 Å². The lowest BCUT2D eigenvalue weighted by atomic mass is 9.89. The largest absolute Gasteiger partial charge is 0.481 e. The first-order valence-corrected chi connectivity index (χ1v) is 8.81. The predicted octanol–water partition coefficient (Wildman–Crippen LogP) is 4.23. The molecule has 0 radical (unpaired) electrons. The average molecular weight is 311 g/mol. The van der Waals surface area contributed by atoms with Gasteiger partial charge < -0.3 is 10.0 Å². The Morgan fingerprint density at radius 3 is 2.23 bits per heavy atom.